The van der Waals surface area contributed by atoms with Gasteiger partial charge in [-0.1, -0.05) is 12.1 Å². The minimum atomic E-state index is 0.635. The molecule has 0 radical (unpaired) electrons. The number of hydrogen-bond acceptors (Lipinski definition) is 3. The average Bonchev–Trinajstić information content (AvgIpc) is 2.47. The maximum absolute atomic E-state index is 5.80. The first-order chi connectivity index (χ1) is 9.69. The van der Waals surface area contributed by atoms with E-state index in [0.717, 1.165) is 23.7 Å². The maximum atomic E-state index is 5.80. The molecule has 3 heteroatoms. The number of nitrogens with one attached hydrogen (secondary N) is 1. The summed E-state index contributed by atoms with van der Waals surface area (Å²) < 4.78 is 10.9. The van der Waals surface area contributed by atoms with E-state index >= 15 is 0 Å². The van der Waals surface area contributed by atoms with Crippen LogP contribution in [0.3, 0.4) is 0 Å². The molecule has 0 saturated heterocycles. The van der Waals surface area contributed by atoms with Gasteiger partial charge in [0.05, 0.1) is 7.11 Å². The summed E-state index contributed by atoms with van der Waals surface area (Å²) in [6, 6.07) is 14.1. The lowest BCUT2D eigenvalue weighted by molar-refractivity contribution is 0.330. The topological polar surface area (TPSA) is 30.5 Å². The van der Waals surface area contributed by atoms with Crippen molar-refractivity contribution in [1.82, 2.24) is 0 Å². The van der Waals surface area contributed by atoms with Crippen LogP contribution >= 0.6 is 0 Å². The van der Waals surface area contributed by atoms with Crippen molar-refractivity contribution in [3.63, 3.8) is 0 Å². The molecule has 0 aliphatic carbocycles. The average molecular weight is 271 g/mol. The highest BCUT2D eigenvalue weighted by molar-refractivity contribution is 5.46. The molecule has 106 valence electrons. The van der Waals surface area contributed by atoms with Crippen molar-refractivity contribution in [2.75, 3.05) is 25.6 Å². The normalized spacial score (nSPS) is 10.2. The van der Waals surface area contributed by atoms with Crippen LogP contribution < -0.4 is 14.8 Å². The molecule has 0 heterocycles. The summed E-state index contributed by atoms with van der Waals surface area (Å²) in [5.74, 6) is 1.82. The fourth-order valence-corrected chi connectivity index (χ4v) is 1.93. The summed E-state index contributed by atoms with van der Waals surface area (Å²) in [7, 11) is 1.67. The van der Waals surface area contributed by atoms with E-state index in [1.54, 1.807) is 7.11 Å². The van der Waals surface area contributed by atoms with Gasteiger partial charge in [0.2, 0.25) is 0 Å². The van der Waals surface area contributed by atoms with E-state index in [2.05, 4.69) is 37.4 Å². The van der Waals surface area contributed by atoms with Gasteiger partial charge < -0.3 is 14.8 Å². The van der Waals surface area contributed by atoms with Crippen LogP contribution in [0, 0.1) is 13.8 Å². The quantitative estimate of drug-likeness (QED) is 0.811. The molecular formula is C17H21NO2. The Morgan fingerprint density at radius 3 is 2.45 bits per heavy atom. The van der Waals surface area contributed by atoms with Crippen molar-refractivity contribution in [2.45, 2.75) is 13.8 Å². The first-order valence-electron chi connectivity index (χ1n) is 6.77. The van der Waals surface area contributed by atoms with E-state index in [-0.39, 0.29) is 0 Å². The number of anilines is 1. The molecule has 0 saturated carbocycles. The molecule has 0 atom stereocenters. The van der Waals surface area contributed by atoms with Crippen molar-refractivity contribution >= 4 is 5.69 Å². The lowest BCUT2D eigenvalue weighted by Gasteiger charge is -2.11. The van der Waals surface area contributed by atoms with E-state index in [9.17, 15) is 0 Å². The van der Waals surface area contributed by atoms with Crippen LogP contribution in [0.2, 0.25) is 0 Å². The van der Waals surface area contributed by atoms with E-state index in [1.807, 2.05) is 24.3 Å². The summed E-state index contributed by atoms with van der Waals surface area (Å²) >= 11 is 0. The predicted octanol–water partition coefficient (Wildman–Crippen LogP) is 3.80. The van der Waals surface area contributed by atoms with Gasteiger partial charge in [0.25, 0.3) is 0 Å². The molecule has 2 rings (SSSR count). The molecule has 0 fully saturated rings. The first kappa shape index (κ1) is 14.3. The van der Waals surface area contributed by atoms with Crippen LogP contribution in [0.1, 0.15) is 11.1 Å². The molecular weight excluding hydrogens is 250 g/mol. The molecule has 0 bridgehead atoms. The van der Waals surface area contributed by atoms with Crippen molar-refractivity contribution in [3.8, 4) is 11.5 Å². The molecule has 2 aromatic rings. The Bertz CT molecular complexity index is 549. The summed E-state index contributed by atoms with van der Waals surface area (Å²) in [6.07, 6.45) is 0. The number of hydrogen-bond donors (Lipinski definition) is 1. The Hall–Kier alpha value is -2.16. The second kappa shape index (κ2) is 6.85. The lowest BCUT2D eigenvalue weighted by atomic mass is 10.1. The van der Waals surface area contributed by atoms with Gasteiger partial charge in [-0.2, -0.15) is 0 Å². The van der Waals surface area contributed by atoms with E-state index in [0.29, 0.717) is 6.61 Å². The van der Waals surface area contributed by atoms with Crippen LogP contribution in [-0.4, -0.2) is 20.3 Å². The van der Waals surface area contributed by atoms with E-state index in [1.165, 1.54) is 11.1 Å². The minimum Gasteiger partial charge on any atom is -0.497 e. The molecule has 1 N–H and O–H groups in total. The zero-order chi connectivity index (χ0) is 14.4. The SMILES string of the molecule is COc1ccc(NCCOc2cc(C)ccc2C)cc1. The number of rotatable bonds is 6. The van der Waals surface area contributed by atoms with Gasteiger partial charge in [0.1, 0.15) is 18.1 Å². The fraction of sp³-hybridized carbons (Fsp3) is 0.294. The van der Waals surface area contributed by atoms with Gasteiger partial charge in [-0.05, 0) is 55.3 Å². The maximum Gasteiger partial charge on any atom is 0.122 e. The molecule has 0 aromatic heterocycles. The summed E-state index contributed by atoms with van der Waals surface area (Å²) in [5.41, 5.74) is 3.45. The van der Waals surface area contributed by atoms with Crippen LogP contribution in [0.4, 0.5) is 5.69 Å². The zero-order valence-electron chi connectivity index (χ0n) is 12.3. The third-order valence-electron chi connectivity index (χ3n) is 3.12. The van der Waals surface area contributed by atoms with Crippen molar-refractivity contribution < 1.29 is 9.47 Å². The van der Waals surface area contributed by atoms with Gasteiger partial charge in [-0.15, -0.1) is 0 Å². The summed E-state index contributed by atoms with van der Waals surface area (Å²) in [6.45, 7) is 5.53. The van der Waals surface area contributed by atoms with Gasteiger partial charge >= 0.3 is 0 Å². The highest BCUT2D eigenvalue weighted by Crippen LogP contribution is 2.19. The highest BCUT2D eigenvalue weighted by Gasteiger charge is 1.99. The van der Waals surface area contributed by atoms with Gasteiger partial charge in [0, 0.05) is 12.2 Å². The van der Waals surface area contributed by atoms with Crippen molar-refractivity contribution in [3.05, 3.63) is 53.6 Å². The second-order valence-electron chi connectivity index (χ2n) is 4.77. The minimum absolute atomic E-state index is 0.635. The number of ether oxygens (including phenoxy) is 2. The van der Waals surface area contributed by atoms with Crippen LogP contribution in [0.5, 0.6) is 11.5 Å². The van der Waals surface area contributed by atoms with Gasteiger partial charge in [0.15, 0.2) is 0 Å². The Morgan fingerprint density at radius 1 is 1.00 bits per heavy atom. The molecule has 2 aromatic carbocycles. The van der Waals surface area contributed by atoms with E-state index < -0.39 is 0 Å². The molecule has 0 amide bonds. The van der Waals surface area contributed by atoms with E-state index in [4.69, 9.17) is 9.47 Å². The Morgan fingerprint density at radius 2 is 1.75 bits per heavy atom. The van der Waals surface area contributed by atoms with Crippen LogP contribution in [-0.2, 0) is 0 Å². The standard InChI is InChI=1S/C17H21NO2/c1-13-4-5-14(2)17(12-13)20-11-10-18-15-6-8-16(19-3)9-7-15/h4-9,12,18H,10-11H2,1-3H3. The number of benzene rings is 2. The lowest BCUT2D eigenvalue weighted by Crippen LogP contribution is -2.11. The number of aryl methyl sites for hydroxylation is 2. The van der Waals surface area contributed by atoms with Crippen molar-refractivity contribution in [1.29, 1.82) is 0 Å². The third-order valence-corrected chi connectivity index (χ3v) is 3.12. The van der Waals surface area contributed by atoms with Gasteiger partial charge in [-0.3, -0.25) is 0 Å². The van der Waals surface area contributed by atoms with Crippen LogP contribution in [0.25, 0.3) is 0 Å². The van der Waals surface area contributed by atoms with Crippen molar-refractivity contribution in [2.24, 2.45) is 0 Å². The highest BCUT2D eigenvalue weighted by atomic mass is 16.5. The van der Waals surface area contributed by atoms with Gasteiger partial charge in [-0.25, -0.2) is 0 Å². The third kappa shape index (κ3) is 3.92. The predicted molar refractivity (Wildman–Crippen MR) is 82.9 cm³/mol. The smallest absolute Gasteiger partial charge is 0.122 e. The Balaban J connectivity index is 1.79. The Kier molecular flexibility index (Phi) is 4.88. The molecule has 3 nitrogen and oxygen atoms in total. The zero-order valence-corrected chi connectivity index (χ0v) is 12.3. The fourth-order valence-electron chi connectivity index (χ4n) is 1.93. The molecule has 20 heavy (non-hydrogen) atoms. The monoisotopic (exact) mass is 271 g/mol. The molecule has 0 aliphatic heterocycles. The molecule has 0 unspecified atom stereocenters. The summed E-state index contributed by atoms with van der Waals surface area (Å²) in [5, 5.41) is 3.32. The molecule has 0 spiro atoms. The number of methoxy groups -OCH3 is 1. The first-order valence-corrected chi connectivity index (χ1v) is 6.77. The van der Waals surface area contributed by atoms with Crippen LogP contribution in [0.15, 0.2) is 42.5 Å². The Labute approximate surface area is 120 Å². The summed E-state index contributed by atoms with van der Waals surface area (Å²) in [4.78, 5) is 0. The molecule has 0 aliphatic rings. The largest absolute Gasteiger partial charge is 0.497 e. The second-order valence-corrected chi connectivity index (χ2v) is 4.77.